The van der Waals surface area contributed by atoms with E-state index in [1.807, 2.05) is 0 Å². The van der Waals surface area contributed by atoms with Crippen LogP contribution in [-0.2, 0) is 6.42 Å². The van der Waals surface area contributed by atoms with E-state index in [9.17, 15) is 5.11 Å². The summed E-state index contributed by atoms with van der Waals surface area (Å²) in [5.74, 6) is 5.33. The van der Waals surface area contributed by atoms with E-state index in [1.165, 1.54) is 127 Å². The Bertz CT molecular complexity index is 760. The van der Waals surface area contributed by atoms with Crippen LogP contribution in [0.15, 0.2) is 30.3 Å². The summed E-state index contributed by atoms with van der Waals surface area (Å²) in [7, 11) is 0. The van der Waals surface area contributed by atoms with Crippen LogP contribution >= 0.6 is 0 Å². The second-order valence-electron chi connectivity index (χ2n) is 13.2. The van der Waals surface area contributed by atoms with Crippen LogP contribution in [0.2, 0.25) is 0 Å². The van der Waals surface area contributed by atoms with E-state index in [4.69, 9.17) is 0 Å². The van der Waals surface area contributed by atoms with Crippen molar-refractivity contribution < 1.29 is 5.11 Å². The number of unbranched alkanes of at least 4 members (excludes halogenated alkanes) is 2. The smallest absolute Gasteiger partial charge is 0.0456 e. The zero-order valence-electron chi connectivity index (χ0n) is 23.7. The highest BCUT2D eigenvalue weighted by Gasteiger charge is 2.30. The summed E-state index contributed by atoms with van der Waals surface area (Å²) in [6.45, 7) is 4.86. The third-order valence-electron chi connectivity index (χ3n) is 10.4. The molecule has 0 amide bonds. The maximum Gasteiger partial charge on any atom is 0.0456 e. The van der Waals surface area contributed by atoms with Gasteiger partial charge in [0.2, 0.25) is 0 Å². The van der Waals surface area contributed by atoms with E-state index in [0.29, 0.717) is 12.5 Å². The summed E-state index contributed by atoms with van der Waals surface area (Å²) in [6.07, 6.45) is 27.8. The van der Waals surface area contributed by atoms with Crippen molar-refractivity contribution in [2.24, 2.45) is 35.5 Å². The van der Waals surface area contributed by atoms with Crippen LogP contribution in [0.4, 0.5) is 0 Å². The molecule has 2 unspecified atom stereocenters. The van der Waals surface area contributed by atoms with Gasteiger partial charge in [0.05, 0.1) is 0 Å². The first kappa shape index (κ1) is 27.9. The number of benzene rings is 1. The monoisotopic (exact) mass is 492 g/mol. The van der Waals surface area contributed by atoms with Crippen molar-refractivity contribution in [3.05, 3.63) is 41.5 Å². The highest BCUT2D eigenvalue weighted by molar-refractivity contribution is 5.66. The fourth-order valence-electron chi connectivity index (χ4n) is 7.83. The topological polar surface area (TPSA) is 20.2 Å². The largest absolute Gasteiger partial charge is 0.396 e. The summed E-state index contributed by atoms with van der Waals surface area (Å²) < 4.78 is 0. The molecule has 1 N–H and O–H groups in total. The number of rotatable bonds is 12. The van der Waals surface area contributed by atoms with Gasteiger partial charge >= 0.3 is 0 Å². The number of hydrogen-bond donors (Lipinski definition) is 1. The standard InChI is InChI=1S/C35H56O/c1-3-4-5-6-28-13-17-32(18-14-28)34-21-23-35(24-22-34)33-19-15-30(16-20-33)8-7-29-9-11-31(12-10-29)25-27(2)26-36/h13-14,17-18,21,27,29-31,33,35-36H,3-12,15-16,19-20,22-26H2,1-2H3. The van der Waals surface area contributed by atoms with Gasteiger partial charge in [0.1, 0.15) is 0 Å². The molecule has 0 bridgehead atoms. The molecule has 4 rings (SSSR count). The Balaban J connectivity index is 1.12. The molecule has 3 aliphatic rings. The summed E-state index contributed by atoms with van der Waals surface area (Å²) in [4.78, 5) is 0. The molecule has 1 aromatic carbocycles. The summed E-state index contributed by atoms with van der Waals surface area (Å²) >= 11 is 0. The molecule has 2 saturated carbocycles. The lowest BCUT2D eigenvalue weighted by Crippen LogP contribution is -2.24. The van der Waals surface area contributed by atoms with Gasteiger partial charge < -0.3 is 5.11 Å². The van der Waals surface area contributed by atoms with Gasteiger partial charge in [-0.05, 0) is 104 Å². The van der Waals surface area contributed by atoms with Gasteiger partial charge in [0.25, 0.3) is 0 Å². The highest BCUT2D eigenvalue weighted by Crippen LogP contribution is 2.43. The summed E-state index contributed by atoms with van der Waals surface area (Å²) in [5, 5.41) is 9.34. The average Bonchev–Trinajstić information content (AvgIpc) is 2.93. The van der Waals surface area contributed by atoms with Gasteiger partial charge in [-0.1, -0.05) is 108 Å². The zero-order valence-corrected chi connectivity index (χ0v) is 23.7. The molecular weight excluding hydrogens is 436 g/mol. The van der Waals surface area contributed by atoms with Crippen LogP contribution in [0.5, 0.6) is 0 Å². The first-order chi connectivity index (χ1) is 17.6. The summed E-state index contributed by atoms with van der Waals surface area (Å²) in [6, 6.07) is 9.53. The second kappa shape index (κ2) is 14.8. The molecule has 0 aromatic heterocycles. The Hall–Kier alpha value is -1.08. The van der Waals surface area contributed by atoms with Crippen molar-refractivity contribution >= 4 is 5.57 Å². The van der Waals surface area contributed by atoms with Gasteiger partial charge in [0, 0.05) is 6.61 Å². The molecule has 1 nitrogen and oxygen atoms in total. The van der Waals surface area contributed by atoms with E-state index in [-0.39, 0.29) is 0 Å². The van der Waals surface area contributed by atoms with Crippen LogP contribution in [0.25, 0.3) is 5.57 Å². The molecule has 3 aliphatic carbocycles. The van der Waals surface area contributed by atoms with E-state index < -0.39 is 0 Å². The van der Waals surface area contributed by atoms with Crippen LogP contribution < -0.4 is 0 Å². The number of aliphatic hydroxyl groups excluding tert-OH is 1. The number of allylic oxidation sites excluding steroid dienone is 2. The predicted molar refractivity (Wildman–Crippen MR) is 156 cm³/mol. The Morgan fingerprint density at radius 1 is 0.778 bits per heavy atom. The highest BCUT2D eigenvalue weighted by atomic mass is 16.3. The fraction of sp³-hybridized carbons (Fsp3) is 0.771. The Morgan fingerprint density at radius 2 is 1.42 bits per heavy atom. The summed E-state index contributed by atoms with van der Waals surface area (Å²) in [5.41, 5.74) is 4.60. The van der Waals surface area contributed by atoms with Crippen molar-refractivity contribution in [1.82, 2.24) is 0 Å². The van der Waals surface area contributed by atoms with E-state index >= 15 is 0 Å². The molecule has 0 heterocycles. The average molecular weight is 493 g/mol. The minimum absolute atomic E-state index is 0.369. The number of hydrogen-bond acceptors (Lipinski definition) is 1. The van der Waals surface area contributed by atoms with E-state index in [0.717, 1.165) is 29.6 Å². The molecule has 2 atom stereocenters. The third kappa shape index (κ3) is 8.47. The van der Waals surface area contributed by atoms with Crippen molar-refractivity contribution in [3.63, 3.8) is 0 Å². The van der Waals surface area contributed by atoms with Crippen molar-refractivity contribution in [3.8, 4) is 0 Å². The maximum absolute atomic E-state index is 9.34. The van der Waals surface area contributed by atoms with Crippen molar-refractivity contribution in [2.45, 2.75) is 129 Å². The SMILES string of the molecule is CCCCCc1ccc(C2=CCC(C3CCC(CCC4CCC(CC(C)CO)CC4)CC3)CC2)cc1. The second-order valence-corrected chi connectivity index (χ2v) is 13.2. The molecule has 0 aliphatic heterocycles. The lowest BCUT2D eigenvalue weighted by molar-refractivity contribution is 0.164. The Labute approximate surface area is 223 Å². The minimum atomic E-state index is 0.369. The quantitative estimate of drug-likeness (QED) is 0.288. The molecule has 1 heteroatoms. The molecule has 202 valence electrons. The molecule has 0 radical (unpaired) electrons. The van der Waals surface area contributed by atoms with Crippen molar-refractivity contribution in [2.75, 3.05) is 6.61 Å². The molecule has 1 aromatic rings. The number of aryl methyl sites for hydroxylation is 1. The molecule has 0 saturated heterocycles. The third-order valence-corrected chi connectivity index (χ3v) is 10.4. The molecule has 36 heavy (non-hydrogen) atoms. The maximum atomic E-state index is 9.34. The van der Waals surface area contributed by atoms with Crippen molar-refractivity contribution in [1.29, 1.82) is 0 Å². The van der Waals surface area contributed by atoms with E-state index in [1.54, 1.807) is 5.57 Å². The molecular formula is C35H56O. The van der Waals surface area contributed by atoms with Gasteiger partial charge in [-0.15, -0.1) is 0 Å². The first-order valence-corrected chi connectivity index (χ1v) is 16.0. The van der Waals surface area contributed by atoms with Gasteiger partial charge in [-0.2, -0.15) is 0 Å². The normalized spacial score (nSPS) is 30.1. The Kier molecular flexibility index (Phi) is 11.4. The lowest BCUT2D eigenvalue weighted by atomic mass is 9.69. The fourth-order valence-corrected chi connectivity index (χ4v) is 7.83. The minimum Gasteiger partial charge on any atom is -0.396 e. The zero-order chi connectivity index (χ0) is 25.2. The van der Waals surface area contributed by atoms with Crippen LogP contribution in [0.3, 0.4) is 0 Å². The first-order valence-electron chi connectivity index (χ1n) is 16.0. The van der Waals surface area contributed by atoms with Crippen LogP contribution in [-0.4, -0.2) is 11.7 Å². The van der Waals surface area contributed by atoms with Gasteiger partial charge in [-0.25, -0.2) is 0 Å². The molecule has 2 fully saturated rings. The Morgan fingerprint density at radius 3 is 2.00 bits per heavy atom. The van der Waals surface area contributed by atoms with Gasteiger partial charge in [-0.3, -0.25) is 0 Å². The van der Waals surface area contributed by atoms with Gasteiger partial charge in [0.15, 0.2) is 0 Å². The van der Waals surface area contributed by atoms with Crippen LogP contribution in [0, 0.1) is 35.5 Å². The van der Waals surface area contributed by atoms with Crippen LogP contribution in [0.1, 0.15) is 134 Å². The predicted octanol–water partition coefficient (Wildman–Crippen LogP) is 10.0. The molecule has 0 spiro atoms. The van der Waals surface area contributed by atoms with E-state index in [2.05, 4.69) is 44.2 Å². The number of aliphatic hydroxyl groups is 1. The lowest BCUT2D eigenvalue weighted by Gasteiger charge is -2.36.